The van der Waals surface area contributed by atoms with Crippen molar-refractivity contribution >= 4 is 22.6 Å². The van der Waals surface area contributed by atoms with E-state index in [0.717, 1.165) is 16.6 Å². The van der Waals surface area contributed by atoms with Crippen molar-refractivity contribution in [3.63, 3.8) is 0 Å². The van der Waals surface area contributed by atoms with E-state index in [9.17, 15) is 0 Å². The number of halogens is 1. The minimum Gasteiger partial charge on any atom is -0.480 e. The molecule has 0 fully saturated rings. The minimum absolute atomic E-state index is 0.234. The molecule has 0 aromatic carbocycles. The van der Waals surface area contributed by atoms with E-state index in [0.29, 0.717) is 17.5 Å². The van der Waals surface area contributed by atoms with Crippen LogP contribution in [0.5, 0.6) is 5.88 Å². The fourth-order valence-corrected chi connectivity index (χ4v) is 2.34. The zero-order chi connectivity index (χ0) is 13.3. The third-order valence-corrected chi connectivity index (χ3v) is 3.26. The van der Waals surface area contributed by atoms with Gasteiger partial charge in [-0.15, -0.1) is 0 Å². The summed E-state index contributed by atoms with van der Waals surface area (Å²) < 4.78 is 12.5. The van der Waals surface area contributed by atoms with Crippen LogP contribution in [0.3, 0.4) is 0 Å². The van der Waals surface area contributed by atoms with E-state index in [-0.39, 0.29) is 6.04 Å². The summed E-state index contributed by atoms with van der Waals surface area (Å²) in [6, 6.07) is 2.12. The molecule has 2 aromatic heterocycles. The summed E-state index contributed by atoms with van der Waals surface area (Å²) in [6.45, 7) is 4.77. The van der Waals surface area contributed by atoms with Crippen molar-refractivity contribution in [1.82, 2.24) is 9.55 Å². The molecule has 4 nitrogen and oxygen atoms in total. The van der Waals surface area contributed by atoms with Crippen LogP contribution >= 0.6 is 11.6 Å². The second kappa shape index (κ2) is 5.16. The Morgan fingerprint density at radius 1 is 1.44 bits per heavy atom. The Bertz CT molecular complexity index is 566. The summed E-state index contributed by atoms with van der Waals surface area (Å²) in [4.78, 5) is 4.44. The van der Waals surface area contributed by atoms with Crippen molar-refractivity contribution in [2.75, 3.05) is 20.8 Å². The third-order valence-electron chi connectivity index (χ3n) is 2.98. The monoisotopic (exact) mass is 268 g/mol. The molecule has 0 saturated heterocycles. The number of nitrogens with zero attached hydrogens (tertiary/aromatic N) is 2. The van der Waals surface area contributed by atoms with Gasteiger partial charge < -0.3 is 14.0 Å². The highest BCUT2D eigenvalue weighted by atomic mass is 35.5. The van der Waals surface area contributed by atoms with E-state index in [4.69, 9.17) is 21.1 Å². The predicted molar refractivity (Wildman–Crippen MR) is 72.6 cm³/mol. The number of pyridine rings is 1. The van der Waals surface area contributed by atoms with Crippen LogP contribution in [0.1, 0.15) is 18.5 Å². The molecule has 2 aromatic rings. The topological polar surface area (TPSA) is 36.3 Å². The van der Waals surface area contributed by atoms with Gasteiger partial charge >= 0.3 is 0 Å². The second-order valence-electron chi connectivity index (χ2n) is 4.37. The Labute approximate surface area is 111 Å². The van der Waals surface area contributed by atoms with E-state index >= 15 is 0 Å². The molecule has 98 valence electrons. The predicted octanol–water partition coefficient (Wildman–Crippen LogP) is 3.21. The second-order valence-corrected chi connectivity index (χ2v) is 4.78. The fourth-order valence-electron chi connectivity index (χ4n) is 2.12. The molecule has 1 unspecified atom stereocenters. The molecule has 0 aliphatic rings. The van der Waals surface area contributed by atoms with Gasteiger partial charge in [0, 0.05) is 13.3 Å². The van der Waals surface area contributed by atoms with Crippen LogP contribution in [-0.4, -0.2) is 30.4 Å². The van der Waals surface area contributed by atoms with Crippen molar-refractivity contribution in [2.45, 2.75) is 19.9 Å². The molecular formula is C13H17ClN2O2. The highest BCUT2D eigenvalue weighted by Gasteiger charge is 2.15. The lowest BCUT2D eigenvalue weighted by Gasteiger charge is -2.14. The lowest BCUT2D eigenvalue weighted by atomic mass is 10.3. The summed E-state index contributed by atoms with van der Waals surface area (Å²) in [5, 5.41) is 0.522. The molecule has 0 radical (unpaired) electrons. The molecule has 0 amide bonds. The first-order chi connectivity index (χ1) is 8.58. The molecular weight excluding hydrogens is 252 g/mol. The molecule has 0 spiro atoms. The van der Waals surface area contributed by atoms with E-state index < -0.39 is 0 Å². The zero-order valence-electron chi connectivity index (χ0n) is 11.0. The first-order valence-corrected chi connectivity index (χ1v) is 6.17. The SMILES string of the molecule is COCC(C)n1cc(C)c2nc(OC)c(Cl)cc21. The molecule has 5 heteroatoms. The van der Waals surface area contributed by atoms with E-state index in [1.54, 1.807) is 14.2 Å². The number of hydrogen-bond donors (Lipinski definition) is 0. The molecule has 2 heterocycles. The quantitative estimate of drug-likeness (QED) is 0.854. The highest BCUT2D eigenvalue weighted by molar-refractivity contribution is 6.32. The van der Waals surface area contributed by atoms with Crippen molar-refractivity contribution in [3.8, 4) is 5.88 Å². The fraction of sp³-hybridized carbons (Fsp3) is 0.462. The lowest BCUT2D eigenvalue weighted by molar-refractivity contribution is 0.164. The Kier molecular flexibility index (Phi) is 3.78. The summed E-state index contributed by atoms with van der Waals surface area (Å²) in [5.74, 6) is 0.462. The van der Waals surface area contributed by atoms with Gasteiger partial charge in [0.1, 0.15) is 5.02 Å². The number of hydrogen-bond acceptors (Lipinski definition) is 3. The smallest absolute Gasteiger partial charge is 0.233 e. The normalized spacial score (nSPS) is 12.9. The van der Waals surface area contributed by atoms with Crippen molar-refractivity contribution in [3.05, 3.63) is 22.8 Å². The number of methoxy groups -OCH3 is 2. The van der Waals surface area contributed by atoms with Crippen LogP contribution in [0.15, 0.2) is 12.3 Å². The van der Waals surface area contributed by atoms with Crippen LogP contribution in [0, 0.1) is 6.92 Å². The summed E-state index contributed by atoms with van der Waals surface area (Å²) in [6.07, 6.45) is 2.07. The first kappa shape index (κ1) is 13.2. The number of rotatable bonds is 4. The van der Waals surface area contributed by atoms with Crippen LogP contribution in [0.4, 0.5) is 0 Å². The standard InChI is InChI=1S/C13H17ClN2O2/c1-8-6-16(9(2)7-17-3)11-5-10(14)13(18-4)15-12(8)11/h5-6,9H,7H2,1-4H3. The van der Waals surface area contributed by atoms with Crippen molar-refractivity contribution in [2.24, 2.45) is 0 Å². The van der Waals surface area contributed by atoms with Crippen LogP contribution in [-0.2, 0) is 4.74 Å². The van der Waals surface area contributed by atoms with Crippen molar-refractivity contribution in [1.29, 1.82) is 0 Å². The third kappa shape index (κ3) is 2.18. The average Bonchev–Trinajstić information content (AvgIpc) is 2.65. The summed E-state index contributed by atoms with van der Waals surface area (Å²) >= 11 is 6.13. The Morgan fingerprint density at radius 2 is 2.17 bits per heavy atom. The maximum atomic E-state index is 6.13. The van der Waals surface area contributed by atoms with Crippen LogP contribution < -0.4 is 4.74 Å². The summed E-state index contributed by atoms with van der Waals surface area (Å²) in [5.41, 5.74) is 3.02. The molecule has 2 rings (SSSR count). The van der Waals surface area contributed by atoms with Gasteiger partial charge in [-0.25, -0.2) is 4.98 Å². The van der Waals surface area contributed by atoms with E-state index in [2.05, 4.69) is 22.7 Å². The van der Waals surface area contributed by atoms with E-state index in [1.807, 2.05) is 13.0 Å². The Morgan fingerprint density at radius 3 is 2.78 bits per heavy atom. The number of fused-ring (bicyclic) bond motifs is 1. The van der Waals surface area contributed by atoms with E-state index in [1.165, 1.54) is 0 Å². The summed E-state index contributed by atoms with van der Waals surface area (Å²) in [7, 11) is 3.27. The zero-order valence-corrected chi connectivity index (χ0v) is 11.8. The van der Waals surface area contributed by atoms with Gasteiger partial charge in [-0.2, -0.15) is 0 Å². The highest BCUT2D eigenvalue weighted by Crippen LogP contribution is 2.30. The minimum atomic E-state index is 0.234. The molecule has 0 bridgehead atoms. The molecule has 0 N–H and O–H groups in total. The van der Waals surface area contributed by atoms with Gasteiger partial charge in [-0.05, 0) is 25.5 Å². The average molecular weight is 269 g/mol. The van der Waals surface area contributed by atoms with Crippen molar-refractivity contribution < 1.29 is 9.47 Å². The molecule has 0 aliphatic heterocycles. The van der Waals surface area contributed by atoms with Gasteiger partial charge in [0.25, 0.3) is 0 Å². The lowest BCUT2D eigenvalue weighted by Crippen LogP contribution is -2.09. The van der Waals surface area contributed by atoms with Gasteiger partial charge in [-0.1, -0.05) is 11.6 Å². The van der Waals surface area contributed by atoms with Crippen LogP contribution in [0.25, 0.3) is 11.0 Å². The maximum absolute atomic E-state index is 6.13. The van der Waals surface area contributed by atoms with Gasteiger partial charge in [0.2, 0.25) is 5.88 Å². The maximum Gasteiger partial charge on any atom is 0.233 e. The van der Waals surface area contributed by atoms with Gasteiger partial charge in [-0.3, -0.25) is 0 Å². The first-order valence-electron chi connectivity index (χ1n) is 5.79. The van der Waals surface area contributed by atoms with Gasteiger partial charge in [0.15, 0.2) is 0 Å². The Hall–Kier alpha value is -1.26. The number of aryl methyl sites for hydroxylation is 1. The largest absolute Gasteiger partial charge is 0.480 e. The Balaban J connectivity index is 2.60. The molecule has 0 aliphatic carbocycles. The number of aromatic nitrogens is 2. The van der Waals surface area contributed by atoms with Gasteiger partial charge in [0.05, 0.1) is 30.8 Å². The number of ether oxygens (including phenoxy) is 2. The molecule has 0 saturated carbocycles. The van der Waals surface area contributed by atoms with Crippen LogP contribution in [0.2, 0.25) is 5.02 Å². The molecule has 1 atom stereocenters. The molecule has 18 heavy (non-hydrogen) atoms.